The molecule has 0 saturated carbocycles. The van der Waals surface area contributed by atoms with Crippen LogP contribution < -0.4 is 10.2 Å². The van der Waals surface area contributed by atoms with Gasteiger partial charge in [0.1, 0.15) is 5.60 Å². The van der Waals surface area contributed by atoms with E-state index >= 15 is 0 Å². The molecular weight excluding hydrogens is 444 g/mol. The number of benzene rings is 2. The van der Waals surface area contributed by atoms with Crippen LogP contribution in [0.2, 0.25) is 0 Å². The summed E-state index contributed by atoms with van der Waals surface area (Å²) < 4.78 is 8.73. The molecule has 1 aromatic heterocycles. The van der Waals surface area contributed by atoms with Gasteiger partial charge >= 0.3 is 6.09 Å². The van der Waals surface area contributed by atoms with Gasteiger partial charge in [0.25, 0.3) is 0 Å². The zero-order valence-electron chi connectivity index (χ0n) is 17.6. The number of nitrogens with one attached hydrogen (secondary N) is 1. The standard InChI is InChI=1S/C23H27BrN4O2/c1-23(2,3)30-22(29)25-18-12-13-27(15-18)21-26-19-6-4-5-7-20(19)28(21)14-16-8-10-17(24)11-9-16/h4-11,18H,12-15H2,1-3H3,(H,25,29)/t18-/m0/s1. The van der Waals surface area contributed by atoms with Crippen LogP contribution in [-0.4, -0.2) is 40.4 Å². The van der Waals surface area contributed by atoms with Crippen LogP contribution in [0.1, 0.15) is 32.8 Å². The van der Waals surface area contributed by atoms with E-state index in [-0.39, 0.29) is 12.1 Å². The molecule has 1 aliphatic rings. The summed E-state index contributed by atoms with van der Waals surface area (Å²) in [6.07, 6.45) is 0.499. The molecule has 2 heterocycles. The first-order valence-electron chi connectivity index (χ1n) is 10.2. The number of anilines is 1. The van der Waals surface area contributed by atoms with Crippen molar-refractivity contribution < 1.29 is 9.53 Å². The molecule has 1 aliphatic heterocycles. The van der Waals surface area contributed by atoms with Crippen molar-refractivity contribution in [2.45, 2.75) is 45.4 Å². The predicted molar refractivity (Wildman–Crippen MR) is 123 cm³/mol. The van der Waals surface area contributed by atoms with Gasteiger partial charge in [0.2, 0.25) is 5.95 Å². The topological polar surface area (TPSA) is 59.4 Å². The summed E-state index contributed by atoms with van der Waals surface area (Å²) in [4.78, 5) is 19.3. The van der Waals surface area contributed by atoms with Gasteiger partial charge < -0.3 is 19.5 Å². The first-order valence-corrected chi connectivity index (χ1v) is 11.0. The average molecular weight is 471 g/mol. The second-order valence-electron chi connectivity index (χ2n) is 8.69. The first-order chi connectivity index (χ1) is 14.3. The highest BCUT2D eigenvalue weighted by Gasteiger charge is 2.29. The average Bonchev–Trinajstić information content (AvgIpc) is 3.27. The molecule has 2 aromatic carbocycles. The number of imidazole rings is 1. The smallest absolute Gasteiger partial charge is 0.407 e. The van der Waals surface area contributed by atoms with Crippen molar-refractivity contribution in [1.29, 1.82) is 0 Å². The maximum atomic E-state index is 12.2. The van der Waals surface area contributed by atoms with Crippen molar-refractivity contribution in [3.05, 3.63) is 58.6 Å². The Labute approximate surface area is 185 Å². The Balaban J connectivity index is 1.55. The molecule has 6 nitrogen and oxygen atoms in total. The van der Waals surface area contributed by atoms with Gasteiger partial charge in [-0.15, -0.1) is 0 Å². The maximum Gasteiger partial charge on any atom is 0.407 e. The Morgan fingerprint density at radius 2 is 1.93 bits per heavy atom. The van der Waals surface area contributed by atoms with Crippen LogP contribution in [0, 0.1) is 0 Å². The van der Waals surface area contributed by atoms with Gasteiger partial charge in [0.15, 0.2) is 0 Å². The van der Waals surface area contributed by atoms with Crippen LogP contribution >= 0.6 is 15.9 Å². The van der Waals surface area contributed by atoms with E-state index in [2.05, 4.69) is 61.0 Å². The number of hydrogen-bond acceptors (Lipinski definition) is 4. The number of nitrogens with zero attached hydrogens (tertiary/aromatic N) is 3. The van der Waals surface area contributed by atoms with Crippen molar-refractivity contribution in [2.24, 2.45) is 0 Å². The number of fused-ring (bicyclic) bond motifs is 1. The molecule has 0 bridgehead atoms. The van der Waals surface area contributed by atoms with Crippen molar-refractivity contribution in [1.82, 2.24) is 14.9 Å². The number of halogens is 1. The zero-order valence-corrected chi connectivity index (χ0v) is 19.1. The molecule has 1 saturated heterocycles. The van der Waals surface area contributed by atoms with Crippen LogP contribution in [0.25, 0.3) is 11.0 Å². The summed E-state index contributed by atoms with van der Waals surface area (Å²) in [5, 5.41) is 3.00. The van der Waals surface area contributed by atoms with E-state index in [0.717, 1.165) is 41.0 Å². The Kier molecular flexibility index (Phi) is 5.73. The normalized spacial score (nSPS) is 16.8. The van der Waals surface area contributed by atoms with E-state index in [1.807, 2.05) is 39.0 Å². The van der Waals surface area contributed by atoms with Gasteiger partial charge in [0.05, 0.1) is 23.6 Å². The van der Waals surface area contributed by atoms with Crippen molar-refractivity contribution in [3.8, 4) is 0 Å². The minimum atomic E-state index is -0.499. The number of amides is 1. The highest BCUT2D eigenvalue weighted by molar-refractivity contribution is 9.10. The molecule has 158 valence electrons. The fraction of sp³-hybridized carbons (Fsp3) is 0.391. The van der Waals surface area contributed by atoms with E-state index < -0.39 is 5.60 Å². The van der Waals surface area contributed by atoms with Gasteiger partial charge in [-0.3, -0.25) is 0 Å². The molecule has 30 heavy (non-hydrogen) atoms. The number of aromatic nitrogens is 2. The van der Waals surface area contributed by atoms with Gasteiger partial charge in [0, 0.05) is 17.6 Å². The molecule has 4 rings (SSSR count). The van der Waals surface area contributed by atoms with Crippen LogP contribution in [0.3, 0.4) is 0 Å². The van der Waals surface area contributed by atoms with Gasteiger partial charge in [-0.05, 0) is 57.0 Å². The molecule has 7 heteroatoms. The van der Waals surface area contributed by atoms with Crippen LogP contribution in [0.5, 0.6) is 0 Å². The van der Waals surface area contributed by atoms with E-state index in [1.54, 1.807) is 0 Å². The second kappa shape index (κ2) is 8.30. The molecule has 0 aliphatic carbocycles. The SMILES string of the molecule is CC(C)(C)OC(=O)N[C@H]1CCN(c2nc3ccccc3n2Cc2ccc(Br)cc2)C1. The van der Waals surface area contributed by atoms with Crippen LogP contribution in [0.4, 0.5) is 10.7 Å². The molecule has 1 N–H and O–H groups in total. The number of ether oxygens (including phenoxy) is 1. The number of carbonyl (C=O) groups is 1. The van der Waals surface area contributed by atoms with Gasteiger partial charge in [-0.1, -0.05) is 40.2 Å². The zero-order chi connectivity index (χ0) is 21.3. The maximum absolute atomic E-state index is 12.2. The summed E-state index contributed by atoms with van der Waals surface area (Å²) in [5.74, 6) is 0.938. The van der Waals surface area contributed by atoms with Crippen molar-refractivity contribution in [3.63, 3.8) is 0 Å². The third-order valence-corrected chi connectivity index (χ3v) is 5.61. The molecule has 0 radical (unpaired) electrons. The Morgan fingerprint density at radius 1 is 1.20 bits per heavy atom. The summed E-state index contributed by atoms with van der Waals surface area (Å²) in [5.41, 5.74) is 2.80. The predicted octanol–water partition coefficient (Wildman–Crippen LogP) is 4.95. The molecule has 3 aromatic rings. The highest BCUT2D eigenvalue weighted by Crippen LogP contribution is 2.27. The van der Waals surface area contributed by atoms with E-state index in [0.29, 0.717) is 6.54 Å². The number of rotatable bonds is 4. The second-order valence-corrected chi connectivity index (χ2v) is 9.61. The summed E-state index contributed by atoms with van der Waals surface area (Å²) >= 11 is 3.50. The first kappa shape index (κ1) is 20.7. The molecule has 1 amide bonds. The molecule has 1 fully saturated rings. The minimum Gasteiger partial charge on any atom is -0.444 e. The third-order valence-electron chi connectivity index (χ3n) is 5.08. The number of carbonyl (C=O) groups excluding carboxylic acids is 1. The lowest BCUT2D eigenvalue weighted by molar-refractivity contribution is 0.0509. The monoisotopic (exact) mass is 470 g/mol. The summed E-state index contributed by atoms with van der Waals surface area (Å²) in [6, 6.07) is 16.6. The lowest BCUT2D eigenvalue weighted by atomic mass is 10.2. The van der Waals surface area contributed by atoms with Crippen molar-refractivity contribution >= 4 is 39.0 Å². The van der Waals surface area contributed by atoms with E-state index in [9.17, 15) is 4.79 Å². The number of alkyl carbamates (subject to hydrolysis) is 1. The fourth-order valence-electron chi connectivity index (χ4n) is 3.77. The Morgan fingerprint density at radius 3 is 2.67 bits per heavy atom. The lowest BCUT2D eigenvalue weighted by Crippen LogP contribution is -2.40. The summed E-state index contributed by atoms with van der Waals surface area (Å²) in [7, 11) is 0. The molecule has 1 atom stereocenters. The fourth-order valence-corrected chi connectivity index (χ4v) is 4.03. The largest absolute Gasteiger partial charge is 0.444 e. The van der Waals surface area contributed by atoms with Crippen molar-refractivity contribution in [2.75, 3.05) is 18.0 Å². The van der Waals surface area contributed by atoms with Gasteiger partial charge in [-0.25, -0.2) is 9.78 Å². The third kappa shape index (κ3) is 4.78. The Hall–Kier alpha value is -2.54. The lowest BCUT2D eigenvalue weighted by Gasteiger charge is -2.22. The van der Waals surface area contributed by atoms with E-state index in [4.69, 9.17) is 9.72 Å². The minimum absolute atomic E-state index is 0.0424. The number of hydrogen-bond donors (Lipinski definition) is 1. The molecule has 0 unspecified atom stereocenters. The number of para-hydroxylation sites is 2. The van der Waals surface area contributed by atoms with E-state index in [1.165, 1.54) is 5.56 Å². The molecular formula is C23H27BrN4O2. The quantitative estimate of drug-likeness (QED) is 0.585. The molecule has 0 spiro atoms. The van der Waals surface area contributed by atoms with Crippen LogP contribution in [0.15, 0.2) is 53.0 Å². The summed E-state index contributed by atoms with van der Waals surface area (Å²) in [6.45, 7) is 7.91. The Bertz CT molecular complexity index is 1040. The highest BCUT2D eigenvalue weighted by atomic mass is 79.9. The van der Waals surface area contributed by atoms with Gasteiger partial charge in [-0.2, -0.15) is 0 Å². The van der Waals surface area contributed by atoms with Crippen LogP contribution in [-0.2, 0) is 11.3 Å².